The Balaban J connectivity index is 1.63. The fourth-order valence-electron chi connectivity index (χ4n) is 2.73. The lowest BCUT2D eigenvalue weighted by Gasteiger charge is -2.08. The van der Waals surface area contributed by atoms with E-state index in [2.05, 4.69) is 25.5 Å². The Hall–Kier alpha value is -2.71. The fourth-order valence-corrected chi connectivity index (χ4v) is 3.65. The van der Waals surface area contributed by atoms with E-state index >= 15 is 0 Å². The van der Waals surface area contributed by atoms with E-state index in [0.29, 0.717) is 32.7 Å². The summed E-state index contributed by atoms with van der Waals surface area (Å²) in [4.78, 5) is 19.6. The summed E-state index contributed by atoms with van der Waals surface area (Å²) in [5.74, 6) is 0.981. The molecule has 9 heteroatoms. The molecule has 0 saturated heterocycles. The van der Waals surface area contributed by atoms with Gasteiger partial charge in [-0.2, -0.15) is 4.68 Å². The van der Waals surface area contributed by atoms with E-state index in [4.69, 9.17) is 11.6 Å². The van der Waals surface area contributed by atoms with Gasteiger partial charge in [0.05, 0.1) is 22.3 Å². The zero-order valence-electron chi connectivity index (χ0n) is 14.6. The number of thioether (sulfide) groups is 1. The Morgan fingerprint density at radius 1 is 1.19 bits per heavy atom. The number of tetrazole rings is 1. The van der Waals surface area contributed by atoms with Crippen LogP contribution in [0.15, 0.2) is 46.3 Å². The zero-order chi connectivity index (χ0) is 19.0. The summed E-state index contributed by atoms with van der Waals surface area (Å²) in [5.41, 5.74) is 3.52. The first-order valence-corrected chi connectivity index (χ1v) is 9.55. The smallest absolute Gasteiger partial charge is 0.258 e. The lowest BCUT2D eigenvalue weighted by Crippen LogP contribution is -2.11. The van der Waals surface area contributed by atoms with Crippen LogP contribution in [0.4, 0.5) is 0 Å². The summed E-state index contributed by atoms with van der Waals surface area (Å²) in [6.45, 7) is 4.04. The minimum atomic E-state index is -0.216. The quantitative estimate of drug-likeness (QED) is 0.529. The molecular formula is C18H15ClN6OS. The third-order valence-corrected chi connectivity index (χ3v) is 5.25. The van der Waals surface area contributed by atoms with E-state index in [0.717, 1.165) is 16.8 Å². The van der Waals surface area contributed by atoms with Crippen molar-refractivity contribution in [2.75, 3.05) is 0 Å². The number of nitrogens with zero attached hydrogens (tertiary/aromatic N) is 5. The lowest BCUT2D eigenvalue weighted by atomic mass is 10.1. The number of aromatic nitrogens is 6. The Labute approximate surface area is 163 Å². The van der Waals surface area contributed by atoms with Crippen LogP contribution in [-0.2, 0) is 5.75 Å². The average Bonchev–Trinajstić information content (AvgIpc) is 3.11. The van der Waals surface area contributed by atoms with Crippen LogP contribution < -0.4 is 5.56 Å². The molecule has 0 unspecified atom stereocenters. The van der Waals surface area contributed by atoms with Crippen molar-refractivity contribution in [3.8, 4) is 5.69 Å². The number of aryl methyl sites for hydroxylation is 2. The molecule has 0 aliphatic carbocycles. The predicted octanol–water partition coefficient (Wildman–Crippen LogP) is 3.46. The number of aromatic amines is 1. The molecular weight excluding hydrogens is 384 g/mol. The molecule has 0 bridgehead atoms. The summed E-state index contributed by atoms with van der Waals surface area (Å²) in [5, 5.41) is 13.6. The van der Waals surface area contributed by atoms with E-state index in [-0.39, 0.29) is 5.56 Å². The SMILES string of the molecule is Cc1ccc(C)c(-n2nnnc2SCc2nc3ccc(Cl)cc3c(=O)[nH]2)c1. The summed E-state index contributed by atoms with van der Waals surface area (Å²) in [6.07, 6.45) is 0. The topological polar surface area (TPSA) is 89.3 Å². The molecule has 0 amide bonds. The van der Waals surface area contributed by atoms with E-state index in [1.807, 2.05) is 32.0 Å². The first-order valence-electron chi connectivity index (χ1n) is 8.18. The van der Waals surface area contributed by atoms with Crippen molar-refractivity contribution in [3.05, 3.63) is 68.7 Å². The van der Waals surface area contributed by atoms with Crippen molar-refractivity contribution >= 4 is 34.3 Å². The van der Waals surface area contributed by atoms with Crippen molar-refractivity contribution in [2.24, 2.45) is 0 Å². The van der Waals surface area contributed by atoms with Gasteiger partial charge in [-0.3, -0.25) is 4.79 Å². The van der Waals surface area contributed by atoms with Crippen molar-refractivity contribution in [2.45, 2.75) is 24.8 Å². The maximum Gasteiger partial charge on any atom is 0.258 e. The van der Waals surface area contributed by atoms with Gasteiger partial charge in [0.15, 0.2) is 0 Å². The van der Waals surface area contributed by atoms with Gasteiger partial charge in [0.1, 0.15) is 5.82 Å². The van der Waals surface area contributed by atoms with Gasteiger partial charge in [0, 0.05) is 5.02 Å². The fraction of sp³-hybridized carbons (Fsp3) is 0.167. The molecule has 0 aliphatic heterocycles. The summed E-state index contributed by atoms with van der Waals surface area (Å²) in [6, 6.07) is 11.2. The van der Waals surface area contributed by atoms with Gasteiger partial charge in [-0.1, -0.05) is 35.5 Å². The highest BCUT2D eigenvalue weighted by atomic mass is 35.5. The van der Waals surface area contributed by atoms with Crippen molar-refractivity contribution in [3.63, 3.8) is 0 Å². The Bertz CT molecular complexity index is 1200. The maximum absolute atomic E-state index is 12.3. The second-order valence-corrected chi connectivity index (χ2v) is 7.50. The van der Waals surface area contributed by atoms with Gasteiger partial charge in [-0.05, 0) is 59.7 Å². The minimum absolute atomic E-state index is 0.216. The summed E-state index contributed by atoms with van der Waals surface area (Å²) < 4.78 is 1.70. The average molecular weight is 399 g/mol. The second-order valence-electron chi connectivity index (χ2n) is 6.13. The highest BCUT2D eigenvalue weighted by Gasteiger charge is 2.13. The molecule has 4 rings (SSSR count). The van der Waals surface area contributed by atoms with Crippen LogP contribution in [0.25, 0.3) is 16.6 Å². The van der Waals surface area contributed by atoms with Crippen LogP contribution in [0, 0.1) is 13.8 Å². The minimum Gasteiger partial charge on any atom is -0.309 e. The highest BCUT2D eigenvalue weighted by Crippen LogP contribution is 2.24. The van der Waals surface area contributed by atoms with Crippen LogP contribution in [0.1, 0.15) is 17.0 Å². The van der Waals surface area contributed by atoms with Gasteiger partial charge in [0.2, 0.25) is 5.16 Å². The molecule has 0 radical (unpaired) electrons. The number of rotatable bonds is 4. The second kappa shape index (κ2) is 7.13. The van der Waals surface area contributed by atoms with Crippen LogP contribution >= 0.6 is 23.4 Å². The van der Waals surface area contributed by atoms with E-state index in [1.54, 1.807) is 22.9 Å². The number of H-pyrrole nitrogens is 1. The molecule has 27 heavy (non-hydrogen) atoms. The number of hydrogen-bond acceptors (Lipinski definition) is 6. The first kappa shape index (κ1) is 17.7. The molecule has 0 atom stereocenters. The van der Waals surface area contributed by atoms with Gasteiger partial charge in [-0.25, -0.2) is 4.98 Å². The Morgan fingerprint density at radius 2 is 2.04 bits per heavy atom. The Kier molecular flexibility index (Phi) is 4.67. The normalized spacial score (nSPS) is 11.2. The van der Waals surface area contributed by atoms with E-state index < -0.39 is 0 Å². The van der Waals surface area contributed by atoms with Crippen molar-refractivity contribution in [1.82, 2.24) is 30.2 Å². The molecule has 0 saturated carbocycles. The van der Waals surface area contributed by atoms with Gasteiger partial charge >= 0.3 is 0 Å². The maximum atomic E-state index is 12.3. The van der Waals surface area contributed by atoms with Gasteiger partial charge < -0.3 is 4.98 Å². The molecule has 7 nitrogen and oxygen atoms in total. The molecule has 0 aliphatic rings. The number of nitrogens with one attached hydrogen (secondary N) is 1. The lowest BCUT2D eigenvalue weighted by molar-refractivity contribution is 0.751. The molecule has 136 valence electrons. The van der Waals surface area contributed by atoms with Crippen LogP contribution in [0.2, 0.25) is 5.02 Å². The molecule has 0 fully saturated rings. The van der Waals surface area contributed by atoms with E-state index in [9.17, 15) is 4.79 Å². The van der Waals surface area contributed by atoms with Crippen molar-refractivity contribution < 1.29 is 0 Å². The summed E-state index contributed by atoms with van der Waals surface area (Å²) >= 11 is 7.35. The Morgan fingerprint density at radius 3 is 2.89 bits per heavy atom. The van der Waals surface area contributed by atoms with Gasteiger partial charge in [-0.15, -0.1) is 5.10 Å². The zero-order valence-corrected chi connectivity index (χ0v) is 16.2. The molecule has 0 spiro atoms. The number of halogens is 1. The standard InChI is InChI=1S/C18H15ClN6OS/c1-10-3-4-11(2)15(7-10)25-18(22-23-24-25)27-9-16-20-14-6-5-12(19)8-13(14)17(26)21-16/h3-8H,9H2,1-2H3,(H,20,21,26). The van der Waals surface area contributed by atoms with Crippen molar-refractivity contribution in [1.29, 1.82) is 0 Å². The highest BCUT2D eigenvalue weighted by molar-refractivity contribution is 7.98. The molecule has 2 aromatic carbocycles. The molecule has 2 aromatic heterocycles. The third-order valence-electron chi connectivity index (χ3n) is 4.09. The molecule has 1 N–H and O–H groups in total. The van der Waals surface area contributed by atoms with Crippen LogP contribution in [0.3, 0.4) is 0 Å². The summed E-state index contributed by atoms with van der Waals surface area (Å²) in [7, 11) is 0. The molecule has 2 heterocycles. The van der Waals surface area contributed by atoms with E-state index in [1.165, 1.54) is 11.8 Å². The molecule has 4 aromatic rings. The third kappa shape index (κ3) is 3.58. The van der Waals surface area contributed by atoms with Crippen LogP contribution in [0.5, 0.6) is 0 Å². The van der Waals surface area contributed by atoms with Gasteiger partial charge in [0.25, 0.3) is 5.56 Å². The number of fused-ring (bicyclic) bond motifs is 1. The number of benzene rings is 2. The van der Waals surface area contributed by atoms with Crippen LogP contribution in [-0.4, -0.2) is 30.2 Å². The predicted molar refractivity (Wildman–Crippen MR) is 106 cm³/mol. The monoisotopic (exact) mass is 398 g/mol. The first-order chi connectivity index (χ1) is 13.0. The number of hydrogen-bond donors (Lipinski definition) is 1. The largest absolute Gasteiger partial charge is 0.309 e.